The molecule has 0 bridgehead atoms. The quantitative estimate of drug-likeness (QED) is 0.683. The van der Waals surface area contributed by atoms with Crippen molar-refractivity contribution in [1.82, 2.24) is 0 Å². The first kappa shape index (κ1) is 12.6. The van der Waals surface area contributed by atoms with E-state index >= 15 is 0 Å². The van der Waals surface area contributed by atoms with Crippen LogP contribution in [0.15, 0.2) is 0 Å². The third-order valence-electron chi connectivity index (χ3n) is 1.25. The van der Waals surface area contributed by atoms with E-state index in [2.05, 4.69) is 46.1 Å². The van der Waals surface area contributed by atoms with Gasteiger partial charge in [0.05, 0.1) is 0 Å². The van der Waals surface area contributed by atoms with E-state index in [1.807, 2.05) is 0 Å². The van der Waals surface area contributed by atoms with Crippen LogP contribution in [0.5, 0.6) is 0 Å². The summed E-state index contributed by atoms with van der Waals surface area (Å²) >= 11 is 0.251. The molecule has 0 atom stereocenters. The van der Waals surface area contributed by atoms with Crippen molar-refractivity contribution >= 4 is 28.1 Å². The van der Waals surface area contributed by atoms with Gasteiger partial charge in [-0.15, -0.1) is 0 Å². The van der Waals surface area contributed by atoms with Gasteiger partial charge in [-0.25, -0.2) is 0 Å². The molecule has 0 aliphatic rings. The average Bonchev–Trinajstić information content (AvgIpc) is 1.78. The van der Waals surface area contributed by atoms with E-state index in [1.54, 1.807) is 0 Å². The summed E-state index contributed by atoms with van der Waals surface area (Å²) in [6, 6.07) is 0. The van der Waals surface area contributed by atoms with Crippen LogP contribution in [-0.2, 0) is 4.43 Å². The summed E-state index contributed by atoms with van der Waals surface area (Å²) in [5, 5.41) is 0. The summed E-state index contributed by atoms with van der Waals surface area (Å²) in [6.07, 6.45) is 0. The van der Waals surface area contributed by atoms with E-state index in [0.717, 1.165) is 0 Å². The maximum absolute atomic E-state index is 6.05. The molecule has 0 saturated carbocycles. The second-order valence-corrected chi connectivity index (χ2v) is 11.2. The van der Waals surface area contributed by atoms with Crippen molar-refractivity contribution < 1.29 is 4.43 Å². The van der Waals surface area contributed by atoms with Gasteiger partial charge in [-0.2, -0.15) is 0 Å². The fourth-order valence-corrected chi connectivity index (χ4v) is 5.51. The predicted molar refractivity (Wildman–Crippen MR) is 60.5 cm³/mol. The minimum atomic E-state index is -1.36. The molecule has 0 unspecified atom stereocenters. The first-order valence-electron chi connectivity index (χ1n) is 4.33. The van der Waals surface area contributed by atoms with Crippen molar-refractivity contribution in [3.05, 3.63) is 0 Å². The molecule has 0 spiro atoms. The Morgan fingerprint density at radius 1 is 1.17 bits per heavy atom. The zero-order valence-corrected chi connectivity index (χ0v) is 12.2. The molecule has 0 fully saturated rings. The van der Waals surface area contributed by atoms with Gasteiger partial charge in [-0.3, -0.25) is 0 Å². The van der Waals surface area contributed by atoms with E-state index < -0.39 is 8.32 Å². The second kappa shape index (κ2) is 4.21. The van der Waals surface area contributed by atoms with Crippen LogP contribution in [0.2, 0.25) is 25.4 Å². The monoisotopic (exact) mass is 248 g/mol. The molecule has 0 N–H and O–H groups in total. The van der Waals surface area contributed by atoms with E-state index in [1.165, 1.54) is 4.49 Å². The van der Waals surface area contributed by atoms with Crippen LogP contribution in [-0.4, -0.2) is 28.1 Å². The topological polar surface area (TPSA) is 9.23 Å². The molecule has 1 nitrogen and oxygen atoms in total. The van der Waals surface area contributed by atoms with Crippen molar-refractivity contribution in [1.29, 1.82) is 0 Å². The standard InChI is InChI=1S/C9H21AsOSi/c1-9(2,3)8(10-4)11-12(5,6)7/h1-7H3. The summed E-state index contributed by atoms with van der Waals surface area (Å²) in [5.74, 6) is 0. The number of rotatable bonds is 2. The molecule has 0 saturated heterocycles. The normalized spacial score (nSPS) is 15.1. The Balaban J connectivity index is 4.43. The molecule has 0 radical (unpaired) electrons. The van der Waals surface area contributed by atoms with Gasteiger partial charge in [-0.05, 0) is 0 Å². The minimum absolute atomic E-state index is 0.245. The molecule has 0 aromatic carbocycles. The SMILES string of the molecule is C[As]=C(O[Si](C)(C)C)C(C)(C)C. The molecule has 0 aliphatic heterocycles. The maximum atomic E-state index is 6.05. The van der Waals surface area contributed by atoms with E-state index in [-0.39, 0.29) is 20.7 Å². The Labute approximate surface area is 84.2 Å². The van der Waals surface area contributed by atoms with Crippen LogP contribution in [0.3, 0.4) is 0 Å². The van der Waals surface area contributed by atoms with Crippen molar-refractivity contribution in [2.75, 3.05) is 0 Å². The Hall–Kier alpha value is 0.605. The zero-order valence-electron chi connectivity index (χ0n) is 9.36. The van der Waals surface area contributed by atoms with Gasteiger partial charge >= 0.3 is 84.1 Å². The van der Waals surface area contributed by atoms with Crippen LogP contribution in [0, 0.1) is 5.41 Å². The van der Waals surface area contributed by atoms with Crippen LogP contribution in [0.1, 0.15) is 20.8 Å². The molecule has 0 heterocycles. The number of hydrogen-bond donors (Lipinski definition) is 0. The van der Waals surface area contributed by atoms with Gasteiger partial charge in [0.2, 0.25) is 0 Å². The molecule has 0 aromatic heterocycles. The molecule has 12 heavy (non-hydrogen) atoms. The van der Waals surface area contributed by atoms with Gasteiger partial charge in [-0.1, -0.05) is 0 Å². The first-order chi connectivity index (χ1) is 5.17. The van der Waals surface area contributed by atoms with E-state index in [9.17, 15) is 0 Å². The van der Waals surface area contributed by atoms with Crippen molar-refractivity contribution in [2.45, 2.75) is 46.1 Å². The fraction of sp³-hybridized carbons (Fsp3) is 0.889. The predicted octanol–water partition coefficient (Wildman–Crippen LogP) is 2.77. The van der Waals surface area contributed by atoms with E-state index in [0.29, 0.717) is 0 Å². The average molecular weight is 248 g/mol. The molecule has 3 heteroatoms. The third kappa shape index (κ3) is 5.29. The number of hydrogen-bond acceptors (Lipinski definition) is 1. The Bertz CT molecular complexity index is 174. The molecule has 0 aromatic rings. The third-order valence-corrected chi connectivity index (χ3v) is 4.89. The van der Waals surface area contributed by atoms with Crippen LogP contribution < -0.4 is 0 Å². The van der Waals surface area contributed by atoms with Crippen molar-refractivity contribution in [2.24, 2.45) is 5.41 Å². The fourth-order valence-electron chi connectivity index (χ4n) is 0.824. The molecule has 72 valence electrons. The summed E-state index contributed by atoms with van der Waals surface area (Å²) in [7, 11) is -1.36. The van der Waals surface area contributed by atoms with Gasteiger partial charge in [0, 0.05) is 0 Å². The molecular formula is C9H21AsOSi. The van der Waals surface area contributed by atoms with E-state index in [4.69, 9.17) is 4.43 Å². The second-order valence-electron chi connectivity index (χ2n) is 4.99. The van der Waals surface area contributed by atoms with Crippen molar-refractivity contribution in [3.63, 3.8) is 0 Å². The van der Waals surface area contributed by atoms with Gasteiger partial charge in [0.25, 0.3) is 0 Å². The zero-order chi connectivity index (χ0) is 9.99. The summed E-state index contributed by atoms with van der Waals surface area (Å²) < 4.78 is 7.39. The van der Waals surface area contributed by atoms with Crippen molar-refractivity contribution in [3.8, 4) is 0 Å². The molecule has 0 amide bonds. The Kier molecular flexibility index (Phi) is 4.42. The molecule has 0 rings (SSSR count). The molecular weight excluding hydrogens is 227 g/mol. The Morgan fingerprint density at radius 2 is 1.58 bits per heavy atom. The van der Waals surface area contributed by atoms with Crippen LogP contribution in [0.4, 0.5) is 0 Å². The first-order valence-corrected chi connectivity index (χ1v) is 10.6. The Morgan fingerprint density at radius 3 is 1.67 bits per heavy atom. The summed E-state index contributed by atoms with van der Waals surface area (Å²) in [6.45, 7) is 13.4. The van der Waals surface area contributed by atoms with Gasteiger partial charge in [0.15, 0.2) is 0 Å². The summed E-state index contributed by atoms with van der Waals surface area (Å²) in [5.41, 5.74) is 2.51. The summed E-state index contributed by atoms with van der Waals surface area (Å²) in [4.78, 5) is 0. The molecule has 0 aliphatic carbocycles. The van der Waals surface area contributed by atoms with Gasteiger partial charge < -0.3 is 0 Å². The van der Waals surface area contributed by atoms with Gasteiger partial charge in [0.1, 0.15) is 0 Å². The van der Waals surface area contributed by atoms with Crippen LogP contribution in [0.25, 0.3) is 0 Å². The van der Waals surface area contributed by atoms with Crippen LogP contribution >= 0.6 is 0 Å².